The molecule has 0 spiro atoms. The van der Waals surface area contributed by atoms with Crippen molar-refractivity contribution in [2.24, 2.45) is 0 Å². The van der Waals surface area contributed by atoms with E-state index in [1.807, 2.05) is 0 Å². The summed E-state index contributed by atoms with van der Waals surface area (Å²) in [6.45, 7) is 0. The molecule has 0 saturated heterocycles. The van der Waals surface area contributed by atoms with Gasteiger partial charge in [-0.05, 0) is 48.0 Å². The van der Waals surface area contributed by atoms with E-state index < -0.39 is 11.8 Å². The van der Waals surface area contributed by atoms with E-state index in [0.717, 1.165) is 0 Å². The summed E-state index contributed by atoms with van der Waals surface area (Å²) in [5, 5.41) is 14.2. The lowest BCUT2D eigenvalue weighted by molar-refractivity contribution is 0.0735. The highest BCUT2D eigenvalue weighted by molar-refractivity contribution is 6.30. The number of carbonyl (C=O) groups excluding carboxylic acids is 1. The Morgan fingerprint density at radius 3 is 2.52 bits per heavy atom. The van der Waals surface area contributed by atoms with E-state index in [1.54, 1.807) is 55.6 Å². The van der Waals surface area contributed by atoms with Crippen LogP contribution in [-0.4, -0.2) is 18.1 Å². The zero-order valence-corrected chi connectivity index (χ0v) is 17.1. The Labute approximate surface area is 182 Å². The number of furan rings is 1. The summed E-state index contributed by atoms with van der Waals surface area (Å²) < 4.78 is 24.8. The largest absolute Gasteiger partial charge is 0.504 e. The van der Waals surface area contributed by atoms with E-state index in [-0.39, 0.29) is 23.0 Å². The molecule has 4 aromatic rings. The van der Waals surface area contributed by atoms with Gasteiger partial charge in [-0.3, -0.25) is 0 Å². The first-order valence-corrected chi connectivity index (χ1v) is 9.71. The van der Waals surface area contributed by atoms with E-state index in [4.69, 9.17) is 20.8 Å². The van der Waals surface area contributed by atoms with Crippen LogP contribution < -0.4 is 10.1 Å². The third-order valence-corrected chi connectivity index (χ3v) is 4.83. The molecule has 0 atom stereocenters. The predicted molar refractivity (Wildman–Crippen MR) is 117 cm³/mol. The second-order valence-corrected chi connectivity index (χ2v) is 7.11. The second-order valence-electron chi connectivity index (χ2n) is 6.67. The highest BCUT2D eigenvalue weighted by Gasteiger charge is 2.23. The van der Waals surface area contributed by atoms with Gasteiger partial charge in [0.25, 0.3) is 0 Å². The average molecular weight is 438 g/mol. The van der Waals surface area contributed by atoms with Crippen molar-refractivity contribution >= 4 is 23.5 Å². The molecule has 3 aromatic carbocycles. The van der Waals surface area contributed by atoms with E-state index in [2.05, 4.69) is 5.32 Å². The number of carbonyl (C=O) groups is 1. The van der Waals surface area contributed by atoms with Gasteiger partial charge in [0.05, 0.1) is 11.1 Å². The van der Waals surface area contributed by atoms with Gasteiger partial charge in [0.15, 0.2) is 11.5 Å². The van der Waals surface area contributed by atoms with Gasteiger partial charge in [0.1, 0.15) is 11.6 Å². The molecule has 0 bridgehead atoms. The highest BCUT2D eigenvalue weighted by atomic mass is 35.5. The molecule has 4 rings (SSSR count). The van der Waals surface area contributed by atoms with Crippen LogP contribution >= 0.6 is 11.6 Å². The lowest BCUT2D eigenvalue weighted by atomic mass is 10.0. The van der Waals surface area contributed by atoms with Crippen LogP contribution in [0.3, 0.4) is 0 Å². The summed E-state index contributed by atoms with van der Waals surface area (Å²) in [5.74, 6) is -0.494. The smallest absolute Gasteiger partial charge is 0.343 e. The molecule has 0 aliphatic heterocycles. The molecule has 1 aromatic heterocycles. The third-order valence-electron chi connectivity index (χ3n) is 4.59. The van der Waals surface area contributed by atoms with Crippen molar-refractivity contribution in [2.45, 2.75) is 0 Å². The van der Waals surface area contributed by atoms with E-state index in [0.29, 0.717) is 27.5 Å². The fourth-order valence-electron chi connectivity index (χ4n) is 3.19. The number of rotatable bonds is 5. The molecule has 156 valence electrons. The van der Waals surface area contributed by atoms with Gasteiger partial charge < -0.3 is 19.6 Å². The number of esters is 1. The summed E-state index contributed by atoms with van der Waals surface area (Å²) in [4.78, 5) is 12.6. The van der Waals surface area contributed by atoms with Gasteiger partial charge in [0, 0.05) is 17.6 Å². The number of anilines is 1. The Kier molecular flexibility index (Phi) is 5.64. The Hall–Kier alpha value is -3.77. The van der Waals surface area contributed by atoms with Gasteiger partial charge >= 0.3 is 5.97 Å². The summed E-state index contributed by atoms with van der Waals surface area (Å²) in [6.07, 6.45) is 0. The molecule has 0 amide bonds. The Balaban J connectivity index is 1.71. The quantitative estimate of drug-likeness (QED) is 0.280. The molecular weight excluding hydrogens is 421 g/mol. The van der Waals surface area contributed by atoms with Gasteiger partial charge in [-0.1, -0.05) is 41.9 Å². The van der Waals surface area contributed by atoms with Crippen LogP contribution in [0.2, 0.25) is 5.02 Å². The van der Waals surface area contributed by atoms with E-state index in [1.165, 1.54) is 24.3 Å². The summed E-state index contributed by atoms with van der Waals surface area (Å²) in [6, 6.07) is 18.8. The van der Waals surface area contributed by atoms with Crippen LogP contribution in [0.4, 0.5) is 10.3 Å². The average Bonchev–Trinajstić information content (AvgIpc) is 3.10. The zero-order chi connectivity index (χ0) is 22.0. The number of nitrogens with one attached hydrogen (secondary N) is 1. The maximum atomic E-state index is 13.6. The maximum Gasteiger partial charge on any atom is 0.343 e. The second kappa shape index (κ2) is 8.53. The number of hydrogen-bond acceptors (Lipinski definition) is 5. The molecule has 2 N–H and O–H groups in total. The van der Waals surface area contributed by atoms with Gasteiger partial charge in [-0.2, -0.15) is 0 Å². The first kappa shape index (κ1) is 20.5. The summed E-state index contributed by atoms with van der Waals surface area (Å²) in [7, 11) is 1.63. The third kappa shape index (κ3) is 4.25. The van der Waals surface area contributed by atoms with Crippen LogP contribution in [0.1, 0.15) is 10.4 Å². The summed E-state index contributed by atoms with van der Waals surface area (Å²) >= 11 is 5.93. The lowest BCUT2D eigenvalue weighted by Crippen LogP contribution is -2.08. The predicted octanol–water partition coefficient (Wildman–Crippen LogP) is 6.37. The SMILES string of the molecule is CNc1oc(-c2cccc(F)c2)c(O)c1-c1cccc(C(=O)Oc2cccc(Cl)c2)c1. The first-order valence-electron chi connectivity index (χ1n) is 9.34. The maximum absolute atomic E-state index is 13.6. The number of benzene rings is 3. The molecule has 31 heavy (non-hydrogen) atoms. The van der Waals surface area contributed by atoms with Crippen molar-refractivity contribution in [3.8, 4) is 33.9 Å². The first-order chi connectivity index (χ1) is 15.0. The molecule has 0 saturated carbocycles. The van der Waals surface area contributed by atoms with Crippen molar-refractivity contribution < 1.29 is 23.4 Å². The monoisotopic (exact) mass is 437 g/mol. The Morgan fingerprint density at radius 2 is 1.77 bits per heavy atom. The zero-order valence-electron chi connectivity index (χ0n) is 16.4. The Bertz CT molecular complexity index is 1270. The van der Waals surface area contributed by atoms with Crippen molar-refractivity contribution in [1.82, 2.24) is 0 Å². The molecule has 5 nitrogen and oxygen atoms in total. The molecule has 1 heterocycles. The van der Waals surface area contributed by atoms with Crippen LogP contribution in [0.15, 0.2) is 77.2 Å². The molecule has 0 aliphatic rings. The fraction of sp³-hybridized carbons (Fsp3) is 0.0417. The van der Waals surface area contributed by atoms with Gasteiger partial charge in [0.2, 0.25) is 5.88 Å². The number of ether oxygens (including phenoxy) is 1. The van der Waals surface area contributed by atoms with Crippen molar-refractivity contribution in [1.29, 1.82) is 0 Å². The fourth-order valence-corrected chi connectivity index (χ4v) is 3.37. The minimum atomic E-state index is -0.580. The van der Waals surface area contributed by atoms with Crippen molar-refractivity contribution in [2.75, 3.05) is 12.4 Å². The molecule has 0 radical (unpaired) electrons. The molecule has 0 aliphatic carbocycles. The number of aromatic hydroxyl groups is 1. The molecule has 7 heteroatoms. The van der Waals surface area contributed by atoms with Crippen molar-refractivity contribution in [3.05, 3.63) is 89.2 Å². The Morgan fingerprint density at radius 1 is 1.03 bits per heavy atom. The molecular formula is C24H17ClFNO4. The number of hydrogen-bond donors (Lipinski definition) is 2. The minimum Gasteiger partial charge on any atom is -0.504 e. The standard InChI is InChI=1S/C24H17ClFNO4/c1-27-23-20(21(28)22(31-23)15-6-3-9-18(26)12-15)14-5-2-7-16(11-14)24(29)30-19-10-4-8-17(25)13-19/h2-13,27-28H,1H3. The highest BCUT2D eigenvalue weighted by Crippen LogP contribution is 2.46. The minimum absolute atomic E-state index is 0.116. The van der Waals surface area contributed by atoms with Crippen LogP contribution in [-0.2, 0) is 0 Å². The van der Waals surface area contributed by atoms with E-state index in [9.17, 15) is 14.3 Å². The number of halogens is 2. The molecule has 0 unspecified atom stereocenters. The normalized spacial score (nSPS) is 10.7. The topological polar surface area (TPSA) is 71.7 Å². The van der Waals surface area contributed by atoms with Gasteiger partial charge in [-0.15, -0.1) is 0 Å². The van der Waals surface area contributed by atoms with Crippen LogP contribution in [0.5, 0.6) is 11.5 Å². The van der Waals surface area contributed by atoms with Crippen molar-refractivity contribution in [3.63, 3.8) is 0 Å². The van der Waals surface area contributed by atoms with E-state index >= 15 is 0 Å². The van der Waals surface area contributed by atoms with Crippen LogP contribution in [0, 0.1) is 5.82 Å². The van der Waals surface area contributed by atoms with Gasteiger partial charge in [-0.25, -0.2) is 9.18 Å². The summed E-state index contributed by atoms with van der Waals surface area (Å²) in [5.41, 5.74) is 1.53. The lowest BCUT2D eigenvalue weighted by Gasteiger charge is -2.07. The van der Waals surface area contributed by atoms with Crippen LogP contribution in [0.25, 0.3) is 22.5 Å². The molecule has 0 fully saturated rings.